The molecule has 0 unspecified atom stereocenters. The average molecular weight is 235 g/mol. The highest BCUT2D eigenvalue weighted by Gasteiger charge is 2.06. The van der Waals surface area contributed by atoms with Gasteiger partial charge in [-0.25, -0.2) is 4.39 Å². The SMILES string of the molecule is CCCC(=O)Nc1ccc(C#CCO)cc1F. The van der Waals surface area contributed by atoms with E-state index in [0.29, 0.717) is 18.4 Å². The van der Waals surface area contributed by atoms with Crippen molar-refractivity contribution >= 4 is 11.6 Å². The Balaban J connectivity index is 2.79. The van der Waals surface area contributed by atoms with Crippen LogP contribution in [0.2, 0.25) is 0 Å². The van der Waals surface area contributed by atoms with Gasteiger partial charge in [-0.3, -0.25) is 4.79 Å². The molecule has 0 heterocycles. The molecule has 0 aliphatic rings. The van der Waals surface area contributed by atoms with Crippen LogP contribution < -0.4 is 5.32 Å². The predicted octanol–water partition coefficient (Wildman–Crippen LogP) is 1.91. The summed E-state index contributed by atoms with van der Waals surface area (Å²) in [6.07, 6.45) is 1.08. The second-order valence-corrected chi connectivity index (χ2v) is 3.45. The molecule has 1 amide bonds. The van der Waals surface area contributed by atoms with Crippen molar-refractivity contribution in [3.8, 4) is 11.8 Å². The molecule has 3 nitrogen and oxygen atoms in total. The normalized spacial score (nSPS) is 9.35. The lowest BCUT2D eigenvalue weighted by Crippen LogP contribution is -2.11. The molecule has 0 saturated heterocycles. The minimum Gasteiger partial charge on any atom is -0.384 e. The first-order chi connectivity index (χ1) is 8.17. The highest BCUT2D eigenvalue weighted by atomic mass is 19.1. The van der Waals surface area contributed by atoms with Crippen LogP contribution in [0.4, 0.5) is 10.1 Å². The van der Waals surface area contributed by atoms with Crippen LogP contribution in [0.25, 0.3) is 0 Å². The van der Waals surface area contributed by atoms with Crippen LogP contribution >= 0.6 is 0 Å². The van der Waals surface area contributed by atoms with Crippen LogP contribution in [0.15, 0.2) is 18.2 Å². The van der Waals surface area contributed by atoms with Gasteiger partial charge in [-0.15, -0.1) is 0 Å². The van der Waals surface area contributed by atoms with E-state index in [-0.39, 0.29) is 18.2 Å². The van der Waals surface area contributed by atoms with E-state index in [2.05, 4.69) is 17.2 Å². The highest BCUT2D eigenvalue weighted by Crippen LogP contribution is 2.15. The van der Waals surface area contributed by atoms with Crippen LogP contribution in [0.3, 0.4) is 0 Å². The van der Waals surface area contributed by atoms with Crippen LogP contribution in [0, 0.1) is 17.7 Å². The van der Waals surface area contributed by atoms with Crippen molar-refractivity contribution in [3.05, 3.63) is 29.6 Å². The van der Waals surface area contributed by atoms with Gasteiger partial charge in [0.05, 0.1) is 5.69 Å². The van der Waals surface area contributed by atoms with Crippen molar-refractivity contribution in [2.45, 2.75) is 19.8 Å². The topological polar surface area (TPSA) is 49.3 Å². The molecule has 0 aromatic heterocycles. The molecule has 0 saturated carbocycles. The molecule has 0 spiro atoms. The number of rotatable bonds is 3. The maximum atomic E-state index is 13.5. The molecule has 0 aliphatic heterocycles. The number of carbonyl (C=O) groups excluding carboxylic acids is 1. The number of halogens is 1. The van der Waals surface area contributed by atoms with E-state index < -0.39 is 5.82 Å². The number of aliphatic hydroxyl groups excluding tert-OH is 1. The summed E-state index contributed by atoms with van der Waals surface area (Å²) < 4.78 is 13.5. The van der Waals surface area contributed by atoms with Crippen molar-refractivity contribution in [1.29, 1.82) is 0 Å². The lowest BCUT2D eigenvalue weighted by molar-refractivity contribution is -0.116. The molecule has 0 bridgehead atoms. The first kappa shape index (κ1) is 13.2. The van der Waals surface area contributed by atoms with Gasteiger partial charge in [-0.1, -0.05) is 18.8 Å². The summed E-state index contributed by atoms with van der Waals surface area (Å²) in [5.41, 5.74) is 0.614. The zero-order valence-corrected chi connectivity index (χ0v) is 9.59. The van der Waals surface area contributed by atoms with E-state index in [1.165, 1.54) is 12.1 Å². The molecular formula is C13H14FNO2. The van der Waals surface area contributed by atoms with E-state index >= 15 is 0 Å². The maximum Gasteiger partial charge on any atom is 0.224 e. The fraction of sp³-hybridized carbons (Fsp3) is 0.308. The van der Waals surface area contributed by atoms with Gasteiger partial charge in [-0.2, -0.15) is 0 Å². The second-order valence-electron chi connectivity index (χ2n) is 3.45. The summed E-state index contributed by atoms with van der Waals surface area (Å²) in [5, 5.41) is 11.0. The number of nitrogens with one attached hydrogen (secondary N) is 1. The summed E-state index contributed by atoms with van der Waals surface area (Å²) >= 11 is 0. The van der Waals surface area contributed by atoms with Crippen molar-refractivity contribution in [2.24, 2.45) is 0 Å². The lowest BCUT2D eigenvalue weighted by atomic mass is 10.2. The lowest BCUT2D eigenvalue weighted by Gasteiger charge is -2.05. The zero-order valence-electron chi connectivity index (χ0n) is 9.59. The van der Waals surface area contributed by atoms with Gasteiger partial charge in [0.25, 0.3) is 0 Å². The third-order valence-electron chi connectivity index (χ3n) is 2.03. The number of hydrogen-bond acceptors (Lipinski definition) is 2. The minimum absolute atomic E-state index is 0.151. The fourth-order valence-electron chi connectivity index (χ4n) is 1.28. The quantitative estimate of drug-likeness (QED) is 0.786. The smallest absolute Gasteiger partial charge is 0.224 e. The average Bonchev–Trinajstić information content (AvgIpc) is 2.30. The third kappa shape index (κ3) is 4.25. The Bertz CT molecular complexity index is 460. The van der Waals surface area contributed by atoms with Gasteiger partial charge < -0.3 is 10.4 Å². The Hall–Kier alpha value is -1.86. The number of aliphatic hydroxyl groups is 1. The molecule has 2 N–H and O–H groups in total. The van der Waals surface area contributed by atoms with Crippen LogP contribution in [0.5, 0.6) is 0 Å². The summed E-state index contributed by atoms with van der Waals surface area (Å²) in [6, 6.07) is 4.28. The molecule has 0 fully saturated rings. The Morgan fingerprint density at radius 1 is 1.53 bits per heavy atom. The molecule has 0 radical (unpaired) electrons. The van der Waals surface area contributed by atoms with Gasteiger partial charge in [0, 0.05) is 12.0 Å². The molecular weight excluding hydrogens is 221 g/mol. The van der Waals surface area contributed by atoms with Gasteiger partial charge in [0.15, 0.2) is 0 Å². The largest absolute Gasteiger partial charge is 0.384 e. The summed E-state index contributed by atoms with van der Waals surface area (Å²) in [4.78, 5) is 11.3. The van der Waals surface area contributed by atoms with Crippen molar-refractivity contribution in [3.63, 3.8) is 0 Å². The molecule has 0 atom stereocenters. The number of anilines is 1. The highest BCUT2D eigenvalue weighted by molar-refractivity contribution is 5.90. The van der Waals surface area contributed by atoms with Crippen LogP contribution in [0.1, 0.15) is 25.3 Å². The Kier molecular flexibility index (Phi) is 5.18. The maximum absolute atomic E-state index is 13.5. The summed E-state index contributed by atoms with van der Waals surface area (Å²) in [7, 11) is 0. The van der Waals surface area contributed by atoms with Crippen LogP contribution in [-0.2, 0) is 4.79 Å². The van der Waals surface area contributed by atoms with E-state index in [9.17, 15) is 9.18 Å². The Morgan fingerprint density at radius 3 is 2.88 bits per heavy atom. The Morgan fingerprint density at radius 2 is 2.29 bits per heavy atom. The first-order valence-electron chi connectivity index (χ1n) is 5.36. The van der Waals surface area contributed by atoms with Crippen molar-refractivity contribution in [1.82, 2.24) is 0 Å². The minimum atomic E-state index is -0.529. The van der Waals surface area contributed by atoms with Gasteiger partial charge in [0.1, 0.15) is 12.4 Å². The third-order valence-corrected chi connectivity index (χ3v) is 2.03. The summed E-state index contributed by atoms with van der Waals surface area (Å²) in [5.74, 6) is 4.28. The molecule has 0 aliphatic carbocycles. The Labute approximate surface area is 99.7 Å². The number of amides is 1. The molecule has 1 aromatic carbocycles. The number of benzene rings is 1. The van der Waals surface area contributed by atoms with Gasteiger partial charge >= 0.3 is 0 Å². The molecule has 17 heavy (non-hydrogen) atoms. The van der Waals surface area contributed by atoms with E-state index in [4.69, 9.17) is 5.11 Å². The second kappa shape index (κ2) is 6.66. The zero-order chi connectivity index (χ0) is 12.7. The predicted molar refractivity (Wildman–Crippen MR) is 63.9 cm³/mol. The van der Waals surface area contributed by atoms with Crippen LogP contribution in [-0.4, -0.2) is 17.6 Å². The molecule has 1 rings (SSSR count). The number of carbonyl (C=O) groups is 1. The standard InChI is InChI=1S/C13H14FNO2/c1-2-4-13(17)15-12-7-6-10(5-3-8-16)9-11(12)14/h6-7,9,16H,2,4,8H2,1H3,(H,15,17). The monoisotopic (exact) mass is 235 g/mol. The van der Waals surface area contributed by atoms with E-state index in [1.807, 2.05) is 6.92 Å². The van der Waals surface area contributed by atoms with Crippen molar-refractivity contribution < 1.29 is 14.3 Å². The van der Waals surface area contributed by atoms with Gasteiger partial charge in [0.2, 0.25) is 5.91 Å². The fourth-order valence-corrected chi connectivity index (χ4v) is 1.28. The number of hydrogen-bond donors (Lipinski definition) is 2. The van der Waals surface area contributed by atoms with E-state index in [1.54, 1.807) is 6.07 Å². The molecule has 4 heteroatoms. The van der Waals surface area contributed by atoms with E-state index in [0.717, 1.165) is 0 Å². The summed E-state index contributed by atoms with van der Waals surface area (Å²) in [6.45, 7) is 1.61. The molecule has 90 valence electrons. The van der Waals surface area contributed by atoms with Gasteiger partial charge in [-0.05, 0) is 24.6 Å². The van der Waals surface area contributed by atoms with Crippen molar-refractivity contribution in [2.75, 3.05) is 11.9 Å². The molecule has 1 aromatic rings. The first-order valence-corrected chi connectivity index (χ1v) is 5.36.